The largest absolute Gasteiger partial charge is 0.391 e. The van der Waals surface area contributed by atoms with Crippen molar-refractivity contribution < 1.29 is 13.9 Å². The highest BCUT2D eigenvalue weighted by Gasteiger charge is 2.23. The molecule has 0 saturated heterocycles. The summed E-state index contributed by atoms with van der Waals surface area (Å²) in [6.07, 6.45) is -0.815. The molecule has 2 nitrogen and oxygen atoms in total. The lowest BCUT2D eigenvalue weighted by molar-refractivity contribution is 0.164. The molecule has 0 aliphatic heterocycles. The normalized spacial score (nSPS) is 14.1. The van der Waals surface area contributed by atoms with E-state index in [9.17, 15) is 13.9 Å². The fraction of sp³-hybridized carbons (Fsp3) is 0.250. The minimum atomic E-state index is -0.815. The Morgan fingerprint density at radius 1 is 1.05 bits per heavy atom. The minimum Gasteiger partial charge on any atom is -0.391 e. The van der Waals surface area contributed by atoms with Crippen molar-refractivity contribution in [2.24, 2.45) is 5.73 Å². The number of hydrogen-bond donors (Lipinski definition) is 2. The number of benzene rings is 2. The first-order valence-corrected chi connectivity index (χ1v) is 6.42. The molecule has 0 aliphatic rings. The molecule has 0 saturated carbocycles. The molecule has 106 valence electrons. The lowest BCUT2D eigenvalue weighted by Gasteiger charge is -2.24. The number of aryl methyl sites for hydroxylation is 1. The van der Waals surface area contributed by atoms with Gasteiger partial charge in [-0.1, -0.05) is 18.2 Å². The molecule has 0 amide bonds. The number of rotatable bonds is 4. The number of halogens is 2. The molecule has 0 heterocycles. The summed E-state index contributed by atoms with van der Waals surface area (Å²) in [5.74, 6) is -1.07. The number of hydrogen-bond acceptors (Lipinski definition) is 2. The monoisotopic (exact) mass is 277 g/mol. The SMILES string of the molecule is Cc1cc(F)ccc1C(c1ccc(F)cc1)C(O)CN. The Morgan fingerprint density at radius 3 is 2.20 bits per heavy atom. The van der Waals surface area contributed by atoms with Crippen LogP contribution in [0.15, 0.2) is 42.5 Å². The zero-order valence-corrected chi connectivity index (χ0v) is 11.2. The molecule has 0 fully saturated rings. The molecular formula is C16H17F2NO. The number of aliphatic hydroxyl groups is 1. The van der Waals surface area contributed by atoms with Gasteiger partial charge >= 0.3 is 0 Å². The van der Waals surface area contributed by atoms with E-state index in [-0.39, 0.29) is 18.2 Å². The van der Waals surface area contributed by atoms with Gasteiger partial charge in [-0.05, 0) is 47.9 Å². The summed E-state index contributed by atoms with van der Waals surface area (Å²) in [7, 11) is 0. The van der Waals surface area contributed by atoms with Crippen LogP contribution in [-0.4, -0.2) is 17.8 Å². The van der Waals surface area contributed by atoms with Gasteiger partial charge in [0.25, 0.3) is 0 Å². The number of nitrogens with two attached hydrogens (primary N) is 1. The van der Waals surface area contributed by atoms with Crippen LogP contribution in [-0.2, 0) is 0 Å². The van der Waals surface area contributed by atoms with Crippen molar-refractivity contribution in [3.63, 3.8) is 0 Å². The molecule has 0 radical (unpaired) electrons. The van der Waals surface area contributed by atoms with E-state index in [1.54, 1.807) is 25.1 Å². The third-order valence-electron chi connectivity index (χ3n) is 3.42. The Labute approximate surface area is 116 Å². The molecule has 0 aromatic heterocycles. The van der Waals surface area contributed by atoms with Crippen LogP contribution in [0, 0.1) is 18.6 Å². The maximum Gasteiger partial charge on any atom is 0.123 e. The van der Waals surface area contributed by atoms with Crippen molar-refractivity contribution in [2.45, 2.75) is 18.9 Å². The first-order chi connectivity index (χ1) is 9.52. The molecule has 0 bridgehead atoms. The van der Waals surface area contributed by atoms with Gasteiger partial charge in [-0.2, -0.15) is 0 Å². The Hall–Kier alpha value is -1.78. The van der Waals surface area contributed by atoms with Gasteiger partial charge in [0.05, 0.1) is 6.10 Å². The van der Waals surface area contributed by atoms with Crippen molar-refractivity contribution >= 4 is 0 Å². The van der Waals surface area contributed by atoms with E-state index in [2.05, 4.69) is 0 Å². The highest BCUT2D eigenvalue weighted by atomic mass is 19.1. The van der Waals surface area contributed by atoms with Crippen molar-refractivity contribution in [2.75, 3.05) is 6.54 Å². The lowest BCUT2D eigenvalue weighted by atomic mass is 9.84. The van der Waals surface area contributed by atoms with Crippen LogP contribution in [0.5, 0.6) is 0 Å². The number of aliphatic hydroxyl groups excluding tert-OH is 1. The quantitative estimate of drug-likeness (QED) is 0.902. The smallest absolute Gasteiger partial charge is 0.123 e. The van der Waals surface area contributed by atoms with Crippen LogP contribution in [0.1, 0.15) is 22.6 Å². The lowest BCUT2D eigenvalue weighted by Crippen LogP contribution is -2.28. The van der Waals surface area contributed by atoms with Crippen LogP contribution in [0.2, 0.25) is 0 Å². The van der Waals surface area contributed by atoms with Gasteiger partial charge in [-0.3, -0.25) is 0 Å². The van der Waals surface area contributed by atoms with Crippen LogP contribution < -0.4 is 5.73 Å². The Bertz CT molecular complexity index is 584. The van der Waals surface area contributed by atoms with Gasteiger partial charge < -0.3 is 10.8 Å². The topological polar surface area (TPSA) is 46.2 Å². The average molecular weight is 277 g/mol. The molecular weight excluding hydrogens is 260 g/mol. The van der Waals surface area contributed by atoms with Crippen molar-refractivity contribution in [1.29, 1.82) is 0 Å². The molecule has 2 atom stereocenters. The highest BCUT2D eigenvalue weighted by molar-refractivity contribution is 5.39. The van der Waals surface area contributed by atoms with Crippen LogP contribution in [0.3, 0.4) is 0 Å². The van der Waals surface area contributed by atoms with E-state index in [1.165, 1.54) is 24.3 Å². The summed E-state index contributed by atoms with van der Waals surface area (Å²) in [5, 5.41) is 10.2. The summed E-state index contributed by atoms with van der Waals surface area (Å²) in [5.41, 5.74) is 7.82. The standard InChI is InChI=1S/C16H17F2NO/c1-10-8-13(18)6-7-14(10)16(15(20)9-19)11-2-4-12(17)5-3-11/h2-8,15-16,20H,9,19H2,1H3. The zero-order chi connectivity index (χ0) is 14.7. The van der Waals surface area contributed by atoms with E-state index >= 15 is 0 Å². The molecule has 4 heteroatoms. The second-order valence-electron chi connectivity index (χ2n) is 4.83. The van der Waals surface area contributed by atoms with Crippen LogP contribution in [0.4, 0.5) is 8.78 Å². The van der Waals surface area contributed by atoms with Gasteiger partial charge in [0.2, 0.25) is 0 Å². The molecule has 0 spiro atoms. The van der Waals surface area contributed by atoms with E-state index in [4.69, 9.17) is 5.73 Å². The van der Waals surface area contributed by atoms with Crippen LogP contribution >= 0.6 is 0 Å². The van der Waals surface area contributed by atoms with Gasteiger partial charge in [0, 0.05) is 12.5 Å². The summed E-state index contributed by atoms with van der Waals surface area (Å²) in [4.78, 5) is 0. The summed E-state index contributed by atoms with van der Waals surface area (Å²) in [6, 6.07) is 10.3. The van der Waals surface area contributed by atoms with E-state index in [0.717, 1.165) is 16.7 Å². The maximum absolute atomic E-state index is 13.2. The third kappa shape index (κ3) is 3.03. The van der Waals surface area contributed by atoms with Crippen LogP contribution in [0.25, 0.3) is 0 Å². The fourth-order valence-corrected chi connectivity index (χ4v) is 2.40. The Balaban J connectivity index is 2.49. The molecule has 20 heavy (non-hydrogen) atoms. The molecule has 0 aliphatic carbocycles. The third-order valence-corrected chi connectivity index (χ3v) is 3.42. The molecule has 2 rings (SSSR count). The predicted octanol–water partition coefficient (Wildman–Crippen LogP) is 2.72. The Kier molecular flexibility index (Phi) is 4.47. The summed E-state index contributed by atoms with van der Waals surface area (Å²) >= 11 is 0. The van der Waals surface area contributed by atoms with Crippen molar-refractivity contribution in [1.82, 2.24) is 0 Å². The molecule has 2 aromatic carbocycles. The van der Waals surface area contributed by atoms with E-state index in [1.807, 2.05) is 0 Å². The first kappa shape index (κ1) is 14.6. The van der Waals surface area contributed by atoms with Gasteiger partial charge in [-0.15, -0.1) is 0 Å². The second-order valence-corrected chi connectivity index (χ2v) is 4.83. The average Bonchev–Trinajstić information content (AvgIpc) is 2.43. The van der Waals surface area contributed by atoms with Gasteiger partial charge in [-0.25, -0.2) is 8.78 Å². The van der Waals surface area contributed by atoms with Crippen molar-refractivity contribution in [3.8, 4) is 0 Å². The van der Waals surface area contributed by atoms with E-state index < -0.39 is 12.0 Å². The zero-order valence-electron chi connectivity index (χ0n) is 11.2. The molecule has 2 unspecified atom stereocenters. The maximum atomic E-state index is 13.2. The molecule has 3 N–H and O–H groups in total. The molecule has 2 aromatic rings. The second kappa shape index (κ2) is 6.11. The highest BCUT2D eigenvalue weighted by Crippen LogP contribution is 2.30. The summed E-state index contributed by atoms with van der Waals surface area (Å²) < 4.78 is 26.2. The fourth-order valence-electron chi connectivity index (χ4n) is 2.40. The van der Waals surface area contributed by atoms with E-state index in [0.29, 0.717) is 0 Å². The predicted molar refractivity (Wildman–Crippen MR) is 74.4 cm³/mol. The summed E-state index contributed by atoms with van der Waals surface area (Å²) in [6.45, 7) is 1.84. The minimum absolute atomic E-state index is 0.0683. The van der Waals surface area contributed by atoms with Gasteiger partial charge in [0.1, 0.15) is 11.6 Å². The van der Waals surface area contributed by atoms with Crippen molar-refractivity contribution in [3.05, 3.63) is 70.8 Å². The van der Waals surface area contributed by atoms with Gasteiger partial charge in [0.15, 0.2) is 0 Å². The Morgan fingerprint density at radius 2 is 1.65 bits per heavy atom. The first-order valence-electron chi connectivity index (χ1n) is 6.42.